The molecule has 0 spiro atoms. The molecule has 1 aliphatic heterocycles. The lowest BCUT2D eigenvalue weighted by Gasteiger charge is -2.32. The van der Waals surface area contributed by atoms with E-state index in [0.717, 1.165) is 58.4 Å². The lowest BCUT2D eigenvalue weighted by atomic mass is 9.99. The maximum absolute atomic E-state index is 4.81. The summed E-state index contributed by atoms with van der Waals surface area (Å²) in [6.45, 7) is 5.92. The summed E-state index contributed by atoms with van der Waals surface area (Å²) in [6, 6.07) is 18.3. The average molecular weight is 404 g/mol. The number of benzene rings is 2. The molecule has 1 saturated heterocycles. The van der Waals surface area contributed by atoms with Crippen LogP contribution < -0.4 is 4.90 Å². The molecule has 0 aliphatic carbocycles. The predicted molar refractivity (Wildman–Crippen MR) is 120 cm³/mol. The largest absolute Gasteiger partial charge is 0.355 e. The van der Waals surface area contributed by atoms with Gasteiger partial charge in [0.1, 0.15) is 15.8 Å². The zero-order valence-corrected chi connectivity index (χ0v) is 17.6. The lowest BCUT2D eigenvalue weighted by Crippen LogP contribution is -2.35. The first-order valence-corrected chi connectivity index (χ1v) is 11.0. The maximum Gasteiger partial charge on any atom is 0.147 e. The van der Waals surface area contributed by atoms with Crippen LogP contribution in [0.1, 0.15) is 37.6 Å². The molecule has 4 aromatic rings. The van der Waals surface area contributed by atoms with E-state index in [1.54, 1.807) is 11.3 Å². The van der Waals surface area contributed by atoms with Crippen molar-refractivity contribution in [1.29, 1.82) is 0 Å². The minimum absolute atomic E-state index is 0.391. The van der Waals surface area contributed by atoms with Crippen LogP contribution in [0.2, 0.25) is 0 Å². The summed E-state index contributed by atoms with van der Waals surface area (Å²) >= 11 is 1.71. The van der Waals surface area contributed by atoms with E-state index in [1.165, 1.54) is 0 Å². The summed E-state index contributed by atoms with van der Waals surface area (Å²) in [5.74, 6) is 1.34. The van der Waals surface area contributed by atoms with E-state index in [-0.39, 0.29) is 0 Å². The summed E-state index contributed by atoms with van der Waals surface area (Å²) in [4.78, 5) is 11.7. The minimum Gasteiger partial charge on any atom is -0.355 e. The lowest BCUT2D eigenvalue weighted by molar-refractivity contribution is 0.503. The highest BCUT2D eigenvalue weighted by molar-refractivity contribution is 7.14. The molecule has 2 aromatic carbocycles. The fourth-order valence-corrected chi connectivity index (χ4v) is 4.56. The Morgan fingerprint density at radius 2 is 1.69 bits per heavy atom. The molecule has 148 valence electrons. The number of fused-ring (bicyclic) bond motifs is 1. The predicted octanol–water partition coefficient (Wildman–Crippen LogP) is 5.56. The van der Waals surface area contributed by atoms with Crippen molar-refractivity contribution in [1.82, 2.24) is 20.2 Å². The van der Waals surface area contributed by atoms with Gasteiger partial charge >= 0.3 is 0 Å². The second-order valence-corrected chi connectivity index (χ2v) is 7.82. The highest BCUT2D eigenvalue weighted by Crippen LogP contribution is 2.33. The van der Waals surface area contributed by atoms with Crippen molar-refractivity contribution in [2.24, 2.45) is 0 Å². The Kier molecular flexibility index (Phi) is 6.10. The quantitative estimate of drug-likeness (QED) is 0.448. The molecule has 6 heteroatoms. The van der Waals surface area contributed by atoms with Crippen LogP contribution in [0.25, 0.3) is 21.6 Å². The smallest absolute Gasteiger partial charge is 0.147 e. The Hall–Kier alpha value is -2.86. The average Bonchev–Trinajstić information content (AvgIpc) is 3.31. The molecular formula is C23H25N5S. The van der Waals surface area contributed by atoms with Gasteiger partial charge in [-0.05, 0) is 25.0 Å². The van der Waals surface area contributed by atoms with Gasteiger partial charge in [-0.3, -0.25) is 4.98 Å². The third kappa shape index (κ3) is 4.27. The first kappa shape index (κ1) is 19.5. The van der Waals surface area contributed by atoms with E-state index in [9.17, 15) is 0 Å². The second-order valence-electron chi connectivity index (χ2n) is 6.81. The minimum atomic E-state index is 0.391. The molecule has 2 aromatic heterocycles. The SMILES string of the molecule is CC.c1ccc(-c2nnc(C3CCCN(c4cnc5ccccc5n4)C3)s2)cc1. The van der Waals surface area contributed by atoms with Crippen molar-refractivity contribution in [3.8, 4) is 10.6 Å². The zero-order chi connectivity index (χ0) is 20.1. The van der Waals surface area contributed by atoms with Crippen LogP contribution in [0.3, 0.4) is 0 Å². The van der Waals surface area contributed by atoms with Crippen LogP contribution in [0.5, 0.6) is 0 Å². The molecule has 29 heavy (non-hydrogen) atoms. The number of para-hydroxylation sites is 2. The highest BCUT2D eigenvalue weighted by atomic mass is 32.1. The van der Waals surface area contributed by atoms with Crippen molar-refractivity contribution in [3.05, 3.63) is 65.8 Å². The Morgan fingerprint density at radius 1 is 0.931 bits per heavy atom. The summed E-state index contributed by atoms with van der Waals surface area (Å²) in [6.07, 6.45) is 4.15. The van der Waals surface area contributed by atoms with Gasteiger partial charge in [0, 0.05) is 24.6 Å². The molecule has 0 saturated carbocycles. The van der Waals surface area contributed by atoms with Gasteiger partial charge in [0.2, 0.25) is 0 Å². The van der Waals surface area contributed by atoms with Crippen molar-refractivity contribution in [3.63, 3.8) is 0 Å². The highest BCUT2D eigenvalue weighted by Gasteiger charge is 2.25. The van der Waals surface area contributed by atoms with Crippen molar-refractivity contribution in [2.45, 2.75) is 32.6 Å². The molecule has 1 unspecified atom stereocenters. The van der Waals surface area contributed by atoms with Gasteiger partial charge in [-0.15, -0.1) is 10.2 Å². The first-order chi connectivity index (χ1) is 14.4. The molecule has 0 N–H and O–H groups in total. The van der Waals surface area contributed by atoms with Crippen LogP contribution in [-0.2, 0) is 0 Å². The van der Waals surface area contributed by atoms with E-state index in [2.05, 4.69) is 32.2 Å². The molecule has 0 bridgehead atoms. The number of hydrogen-bond donors (Lipinski definition) is 0. The van der Waals surface area contributed by atoms with E-state index >= 15 is 0 Å². The van der Waals surface area contributed by atoms with Crippen LogP contribution in [0.15, 0.2) is 60.8 Å². The monoisotopic (exact) mass is 403 g/mol. The zero-order valence-electron chi connectivity index (χ0n) is 16.8. The summed E-state index contributed by atoms with van der Waals surface area (Å²) in [5.41, 5.74) is 3.01. The third-order valence-corrected chi connectivity index (χ3v) is 6.13. The maximum atomic E-state index is 4.81. The molecule has 5 nitrogen and oxygen atoms in total. The van der Waals surface area contributed by atoms with Crippen LogP contribution in [-0.4, -0.2) is 33.3 Å². The first-order valence-electron chi connectivity index (χ1n) is 10.2. The molecule has 0 radical (unpaired) electrons. The number of hydrogen-bond acceptors (Lipinski definition) is 6. The van der Waals surface area contributed by atoms with Crippen LogP contribution in [0, 0.1) is 0 Å². The summed E-state index contributed by atoms with van der Waals surface area (Å²) < 4.78 is 0. The molecule has 1 aliphatic rings. The van der Waals surface area contributed by atoms with Gasteiger partial charge in [-0.1, -0.05) is 67.6 Å². The van der Waals surface area contributed by atoms with E-state index in [4.69, 9.17) is 4.98 Å². The van der Waals surface area contributed by atoms with Gasteiger partial charge < -0.3 is 4.90 Å². The number of nitrogens with zero attached hydrogens (tertiary/aromatic N) is 5. The van der Waals surface area contributed by atoms with E-state index in [1.807, 2.05) is 62.5 Å². The third-order valence-electron chi connectivity index (χ3n) is 4.99. The Bertz CT molecular complexity index is 1060. The van der Waals surface area contributed by atoms with E-state index < -0.39 is 0 Å². The fraction of sp³-hybridized carbons (Fsp3) is 0.304. The summed E-state index contributed by atoms with van der Waals surface area (Å²) in [5, 5.41) is 11.0. The normalized spacial score (nSPS) is 16.3. The van der Waals surface area contributed by atoms with Crippen molar-refractivity contribution >= 4 is 28.2 Å². The Balaban J connectivity index is 0.000000994. The molecule has 5 rings (SSSR count). The topological polar surface area (TPSA) is 54.8 Å². The fourth-order valence-electron chi connectivity index (χ4n) is 3.58. The molecule has 1 fully saturated rings. The molecular weight excluding hydrogens is 378 g/mol. The van der Waals surface area contributed by atoms with Crippen molar-refractivity contribution < 1.29 is 0 Å². The van der Waals surface area contributed by atoms with Gasteiger partial charge in [0.25, 0.3) is 0 Å². The molecule has 3 heterocycles. The van der Waals surface area contributed by atoms with Crippen molar-refractivity contribution in [2.75, 3.05) is 18.0 Å². The number of aromatic nitrogens is 4. The van der Waals surface area contributed by atoms with Gasteiger partial charge in [-0.25, -0.2) is 4.98 Å². The number of rotatable bonds is 3. The van der Waals surface area contributed by atoms with Crippen LogP contribution >= 0.6 is 11.3 Å². The number of anilines is 1. The van der Waals surface area contributed by atoms with Crippen LogP contribution in [0.4, 0.5) is 5.82 Å². The summed E-state index contributed by atoms with van der Waals surface area (Å²) in [7, 11) is 0. The molecule has 1 atom stereocenters. The van der Waals surface area contributed by atoms with Gasteiger partial charge in [0.15, 0.2) is 0 Å². The Morgan fingerprint density at radius 3 is 2.52 bits per heavy atom. The van der Waals surface area contributed by atoms with Gasteiger partial charge in [0.05, 0.1) is 17.2 Å². The Labute approximate surface area is 175 Å². The number of piperidine rings is 1. The van der Waals surface area contributed by atoms with E-state index in [0.29, 0.717) is 5.92 Å². The van der Waals surface area contributed by atoms with Gasteiger partial charge in [-0.2, -0.15) is 0 Å². The molecule has 0 amide bonds. The second kappa shape index (κ2) is 9.09. The standard InChI is InChI=1S/C21H19N5S.C2H6/c1-2-7-15(8-3-1)20-24-25-21(27-20)16-9-6-12-26(14-16)19-13-22-17-10-4-5-11-18(17)23-19;1-2/h1-5,7-8,10-11,13,16H,6,9,12,14H2;1-2H3.